The molecule has 0 heterocycles. The van der Waals surface area contributed by atoms with Crippen molar-refractivity contribution in [3.63, 3.8) is 0 Å². The Morgan fingerprint density at radius 3 is 2.47 bits per heavy atom. The second kappa shape index (κ2) is 8.42. The third-order valence-electron chi connectivity index (χ3n) is 2.16. The lowest BCUT2D eigenvalue weighted by Gasteiger charge is -2.08. The summed E-state index contributed by atoms with van der Waals surface area (Å²) in [6.07, 6.45) is 1.87. The number of thioether (sulfide) groups is 1. The molecule has 19 heavy (non-hydrogen) atoms. The minimum atomic E-state index is -0.153. The lowest BCUT2D eigenvalue weighted by atomic mass is 10.3. The number of benzene rings is 1. The van der Waals surface area contributed by atoms with Gasteiger partial charge in [0.05, 0.1) is 5.75 Å². The highest BCUT2D eigenvalue weighted by atomic mass is 32.2. The van der Waals surface area contributed by atoms with Crippen molar-refractivity contribution in [2.75, 3.05) is 30.5 Å². The number of nitrogens with one attached hydrogen (secondary N) is 2. The summed E-state index contributed by atoms with van der Waals surface area (Å²) in [6.45, 7) is 2.43. The van der Waals surface area contributed by atoms with Gasteiger partial charge in [-0.2, -0.15) is 11.8 Å². The van der Waals surface area contributed by atoms with Crippen LogP contribution in [0.2, 0.25) is 0 Å². The van der Waals surface area contributed by atoms with E-state index >= 15 is 0 Å². The van der Waals surface area contributed by atoms with Crippen LogP contribution in [0.5, 0.6) is 5.75 Å². The summed E-state index contributed by atoms with van der Waals surface area (Å²) in [4.78, 5) is 22.6. The molecule has 1 aromatic rings. The number of rotatable bonds is 7. The SMILES string of the molecule is CCNC(=O)COc1ccc(NC(=O)CSC)cc1. The molecule has 0 unspecified atom stereocenters. The van der Waals surface area contributed by atoms with Crippen LogP contribution in [0.15, 0.2) is 24.3 Å². The van der Waals surface area contributed by atoms with Crippen LogP contribution in [0.3, 0.4) is 0 Å². The topological polar surface area (TPSA) is 67.4 Å². The number of carbonyl (C=O) groups is 2. The van der Waals surface area contributed by atoms with Crippen molar-refractivity contribution in [1.29, 1.82) is 0 Å². The molecule has 0 aliphatic heterocycles. The Kier molecular flexibility index (Phi) is 6.81. The number of likely N-dealkylation sites (N-methyl/N-ethyl adjacent to an activating group) is 1. The first-order valence-corrected chi connectivity index (χ1v) is 7.33. The second-order valence-corrected chi connectivity index (χ2v) is 4.61. The maximum absolute atomic E-state index is 11.4. The molecule has 2 N–H and O–H groups in total. The van der Waals surface area contributed by atoms with Crippen LogP contribution in [0.4, 0.5) is 5.69 Å². The third-order valence-corrected chi connectivity index (χ3v) is 2.71. The van der Waals surface area contributed by atoms with E-state index in [-0.39, 0.29) is 18.4 Å². The Morgan fingerprint density at radius 1 is 1.21 bits per heavy atom. The van der Waals surface area contributed by atoms with E-state index in [0.717, 1.165) is 0 Å². The summed E-state index contributed by atoms with van der Waals surface area (Å²) in [5, 5.41) is 5.40. The lowest BCUT2D eigenvalue weighted by molar-refractivity contribution is -0.123. The van der Waals surface area contributed by atoms with E-state index in [1.807, 2.05) is 13.2 Å². The van der Waals surface area contributed by atoms with Crippen LogP contribution in [0, 0.1) is 0 Å². The smallest absolute Gasteiger partial charge is 0.257 e. The molecule has 5 nitrogen and oxygen atoms in total. The summed E-state index contributed by atoms with van der Waals surface area (Å²) in [7, 11) is 0. The molecule has 0 aliphatic carbocycles. The first kappa shape index (κ1) is 15.4. The minimum Gasteiger partial charge on any atom is -0.484 e. The fraction of sp³-hybridized carbons (Fsp3) is 0.385. The standard InChI is InChI=1S/C13H18N2O3S/c1-3-14-12(16)8-18-11-6-4-10(5-7-11)15-13(17)9-19-2/h4-7H,3,8-9H2,1-2H3,(H,14,16)(H,15,17). The Hall–Kier alpha value is -1.69. The molecule has 0 radical (unpaired) electrons. The van der Waals surface area contributed by atoms with E-state index < -0.39 is 0 Å². The third kappa shape index (κ3) is 6.15. The summed E-state index contributed by atoms with van der Waals surface area (Å²) in [5.74, 6) is 0.826. The summed E-state index contributed by atoms with van der Waals surface area (Å²) in [5.41, 5.74) is 0.712. The van der Waals surface area contributed by atoms with Crippen molar-refractivity contribution >= 4 is 29.3 Å². The van der Waals surface area contributed by atoms with Gasteiger partial charge in [-0.25, -0.2) is 0 Å². The molecule has 0 spiro atoms. The highest BCUT2D eigenvalue weighted by Gasteiger charge is 2.03. The number of amides is 2. The van der Waals surface area contributed by atoms with Gasteiger partial charge in [0.25, 0.3) is 5.91 Å². The normalized spacial score (nSPS) is 9.79. The molecule has 2 amide bonds. The van der Waals surface area contributed by atoms with E-state index in [2.05, 4.69) is 10.6 Å². The first-order valence-electron chi connectivity index (χ1n) is 5.94. The van der Waals surface area contributed by atoms with E-state index in [9.17, 15) is 9.59 Å². The van der Waals surface area contributed by atoms with Crippen LogP contribution in [-0.2, 0) is 9.59 Å². The predicted octanol–water partition coefficient (Wildman–Crippen LogP) is 1.50. The molecule has 0 aliphatic rings. The molecule has 1 rings (SSSR count). The average molecular weight is 282 g/mol. The lowest BCUT2D eigenvalue weighted by Crippen LogP contribution is -2.28. The predicted molar refractivity (Wildman–Crippen MR) is 77.6 cm³/mol. The molecule has 0 bridgehead atoms. The van der Waals surface area contributed by atoms with Crippen LogP contribution in [-0.4, -0.2) is 37.0 Å². The van der Waals surface area contributed by atoms with Gasteiger partial charge in [-0.1, -0.05) is 0 Å². The van der Waals surface area contributed by atoms with Crippen LogP contribution in [0.1, 0.15) is 6.92 Å². The number of hydrogen-bond donors (Lipinski definition) is 2. The fourth-order valence-corrected chi connectivity index (χ4v) is 1.69. The Labute approximate surface area is 117 Å². The highest BCUT2D eigenvalue weighted by molar-refractivity contribution is 7.99. The average Bonchev–Trinajstić information content (AvgIpc) is 2.38. The summed E-state index contributed by atoms with van der Waals surface area (Å²) in [6, 6.07) is 6.92. The quantitative estimate of drug-likeness (QED) is 0.795. The van der Waals surface area contributed by atoms with Gasteiger partial charge in [-0.15, -0.1) is 0 Å². The van der Waals surface area contributed by atoms with Crippen molar-refractivity contribution in [2.24, 2.45) is 0 Å². The molecule has 0 saturated carbocycles. The summed E-state index contributed by atoms with van der Waals surface area (Å²) >= 11 is 1.47. The van der Waals surface area contributed by atoms with E-state index in [4.69, 9.17) is 4.74 Å². The van der Waals surface area contributed by atoms with Crippen molar-refractivity contribution in [3.8, 4) is 5.75 Å². The van der Waals surface area contributed by atoms with Crippen molar-refractivity contribution in [1.82, 2.24) is 5.32 Å². The number of hydrogen-bond acceptors (Lipinski definition) is 4. The molecule has 0 atom stereocenters. The maximum atomic E-state index is 11.4. The van der Waals surface area contributed by atoms with Gasteiger partial charge in [-0.3, -0.25) is 9.59 Å². The van der Waals surface area contributed by atoms with Gasteiger partial charge < -0.3 is 15.4 Å². The number of anilines is 1. The Bertz CT molecular complexity index is 420. The van der Waals surface area contributed by atoms with Crippen LogP contribution >= 0.6 is 11.8 Å². The van der Waals surface area contributed by atoms with Crippen molar-refractivity contribution in [2.45, 2.75) is 6.92 Å². The monoisotopic (exact) mass is 282 g/mol. The van der Waals surface area contributed by atoms with Gasteiger partial charge in [0.1, 0.15) is 5.75 Å². The van der Waals surface area contributed by atoms with E-state index in [1.54, 1.807) is 24.3 Å². The minimum absolute atomic E-state index is 0.00792. The zero-order valence-corrected chi connectivity index (χ0v) is 11.9. The molecule has 1 aromatic carbocycles. The van der Waals surface area contributed by atoms with Crippen LogP contribution < -0.4 is 15.4 Å². The molecule has 104 valence electrons. The van der Waals surface area contributed by atoms with Crippen molar-refractivity contribution in [3.05, 3.63) is 24.3 Å². The summed E-state index contributed by atoms with van der Waals surface area (Å²) < 4.78 is 5.30. The Balaban J connectivity index is 2.43. The Morgan fingerprint density at radius 2 is 1.89 bits per heavy atom. The first-order chi connectivity index (χ1) is 9.15. The molecular weight excluding hydrogens is 264 g/mol. The molecular formula is C13H18N2O3S. The fourth-order valence-electron chi connectivity index (χ4n) is 1.36. The zero-order valence-electron chi connectivity index (χ0n) is 11.1. The number of carbonyl (C=O) groups excluding carboxylic acids is 2. The second-order valence-electron chi connectivity index (χ2n) is 3.75. The van der Waals surface area contributed by atoms with Gasteiger partial charge in [0.2, 0.25) is 5.91 Å². The number of ether oxygens (including phenoxy) is 1. The van der Waals surface area contributed by atoms with Crippen molar-refractivity contribution < 1.29 is 14.3 Å². The van der Waals surface area contributed by atoms with E-state index in [0.29, 0.717) is 23.7 Å². The maximum Gasteiger partial charge on any atom is 0.257 e. The van der Waals surface area contributed by atoms with E-state index in [1.165, 1.54) is 11.8 Å². The molecule has 0 fully saturated rings. The van der Waals surface area contributed by atoms with Gasteiger partial charge in [0, 0.05) is 12.2 Å². The molecule has 0 aromatic heterocycles. The van der Waals surface area contributed by atoms with Crippen LogP contribution in [0.25, 0.3) is 0 Å². The molecule has 6 heteroatoms. The van der Waals surface area contributed by atoms with Gasteiger partial charge >= 0.3 is 0 Å². The molecule has 0 saturated heterocycles. The van der Waals surface area contributed by atoms with Gasteiger partial charge in [0.15, 0.2) is 6.61 Å². The zero-order chi connectivity index (χ0) is 14.1. The highest BCUT2D eigenvalue weighted by Crippen LogP contribution is 2.15. The largest absolute Gasteiger partial charge is 0.484 e. The van der Waals surface area contributed by atoms with Gasteiger partial charge in [-0.05, 0) is 37.4 Å².